The quantitative estimate of drug-likeness (QED) is 0.588. The van der Waals surface area contributed by atoms with E-state index >= 15 is 0 Å². The number of rotatable bonds is 5. The molecule has 0 saturated carbocycles. The lowest BCUT2D eigenvalue weighted by atomic mass is 9.78. The van der Waals surface area contributed by atoms with Crippen molar-refractivity contribution in [2.75, 3.05) is 32.0 Å². The third-order valence-corrected chi connectivity index (χ3v) is 7.65. The first-order valence-corrected chi connectivity index (χ1v) is 12.7. The summed E-state index contributed by atoms with van der Waals surface area (Å²) in [6, 6.07) is 12.3. The molecule has 1 unspecified atom stereocenters. The number of nitrogens with one attached hydrogen (secondary N) is 2. The molecule has 0 aromatic heterocycles. The fraction of sp³-hybridized carbons (Fsp3) is 0.423. The Morgan fingerprint density at radius 1 is 0.943 bits per heavy atom. The van der Waals surface area contributed by atoms with Gasteiger partial charge >= 0.3 is 6.03 Å². The average Bonchev–Trinajstić information content (AvgIpc) is 2.86. The van der Waals surface area contributed by atoms with Crippen molar-refractivity contribution in [3.63, 3.8) is 0 Å². The van der Waals surface area contributed by atoms with Crippen LogP contribution in [0.1, 0.15) is 37.3 Å². The highest BCUT2D eigenvalue weighted by atomic mass is 35.5. The van der Waals surface area contributed by atoms with Gasteiger partial charge in [-0.05, 0) is 61.4 Å². The van der Waals surface area contributed by atoms with Crippen LogP contribution in [0.3, 0.4) is 0 Å². The summed E-state index contributed by atoms with van der Waals surface area (Å²) >= 11 is 12.3. The van der Waals surface area contributed by atoms with Gasteiger partial charge in [-0.3, -0.25) is 9.59 Å². The van der Waals surface area contributed by atoms with Crippen LogP contribution in [0.25, 0.3) is 0 Å². The molecule has 2 aromatic carbocycles. The first kappa shape index (κ1) is 25.3. The van der Waals surface area contributed by atoms with Crippen molar-refractivity contribution in [2.24, 2.45) is 11.8 Å². The second kappa shape index (κ2) is 11.3. The van der Waals surface area contributed by atoms with Crippen molar-refractivity contribution in [3.8, 4) is 0 Å². The minimum Gasteiger partial charge on any atom is -0.346 e. The van der Waals surface area contributed by atoms with Gasteiger partial charge in [0.25, 0.3) is 0 Å². The van der Waals surface area contributed by atoms with Crippen molar-refractivity contribution in [2.45, 2.75) is 31.7 Å². The van der Waals surface area contributed by atoms with Crippen LogP contribution in [-0.4, -0.2) is 54.3 Å². The highest BCUT2D eigenvalue weighted by Gasteiger charge is 2.35. The van der Waals surface area contributed by atoms with Crippen molar-refractivity contribution < 1.29 is 14.4 Å². The van der Waals surface area contributed by atoms with Crippen molar-refractivity contribution in [3.05, 3.63) is 64.1 Å². The van der Waals surface area contributed by atoms with Gasteiger partial charge in [0.1, 0.15) is 6.04 Å². The number of hydrogen-bond donors (Lipinski definition) is 2. The largest absolute Gasteiger partial charge is 0.346 e. The summed E-state index contributed by atoms with van der Waals surface area (Å²) in [5.74, 6) is 0.812. The maximum absolute atomic E-state index is 13.6. The monoisotopic (exact) mass is 516 g/mol. The Morgan fingerprint density at radius 3 is 2.26 bits per heavy atom. The number of piperidine rings is 2. The van der Waals surface area contributed by atoms with Crippen LogP contribution in [0.4, 0.5) is 10.5 Å². The fourth-order valence-electron chi connectivity index (χ4n) is 4.96. The Bertz CT molecular complexity index is 1070. The zero-order valence-corrected chi connectivity index (χ0v) is 21.2. The van der Waals surface area contributed by atoms with Crippen LogP contribution in [0, 0.1) is 11.8 Å². The first-order valence-electron chi connectivity index (χ1n) is 11.9. The Labute approximate surface area is 215 Å². The Morgan fingerprint density at radius 2 is 1.60 bits per heavy atom. The molecule has 186 valence electrons. The summed E-state index contributed by atoms with van der Waals surface area (Å²) in [5, 5.41) is 6.53. The fourth-order valence-corrected chi connectivity index (χ4v) is 5.33. The number of nitrogens with zero attached hydrogens (tertiary/aromatic N) is 2. The van der Waals surface area contributed by atoms with E-state index in [9.17, 15) is 14.4 Å². The number of halogens is 2. The summed E-state index contributed by atoms with van der Waals surface area (Å²) in [6.07, 6.45) is 3.29. The highest BCUT2D eigenvalue weighted by molar-refractivity contribution is 6.31. The summed E-state index contributed by atoms with van der Waals surface area (Å²) in [4.78, 5) is 42.1. The van der Waals surface area contributed by atoms with E-state index in [0.29, 0.717) is 52.6 Å². The molecule has 7 nitrogen and oxygen atoms in total. The lowest BCUT2D eigenvalue weighted by molar-refractivity contribution is -0.137. The van der Waals surface area contributed by atoms with Gasteiger partial charge in [0.05, 0.1) is 0 Å². The lowest BCUT2D eigenvalue weighted by Crippen LogP contribution is -2.48. The number of carbonyl (C=O) groups is 3. The van der Waals surface area contributed by atoms with Crippen LogP contribution in [0.2, 0.25) is 10.0 Å². The average molecular weight is 517 g/mol. The molecule has 0 spiro atoms. The molecule has 0 radical (unpaired) electrons. The summed E-state index contributed by atoms with van der Waals surface area (Å²) < 4.78 is 0. The second-order valence-electron chi connectivity index (χ2n) is 9.29. The number of hydrogen-bond acceptors (Lipinski definition) is 3. The molecule has 0 bridgehead atoms. The van der Waals surface area contributed by atoms with Gasteiger partial charge in [-0.25, -0.2) is 4.79 Å². The summed E-state index contributed by atoms with van der Waals surface area (Å²) in [5.41, 5.74) is 1.11. The molecule has 9 heteroatoms. The number of anilines is 1. The second-order valence-corrected chi connectivity index (χ2v) is 10.1. The zero-order chi connectivity index (χ0) is 24.9. The standard InChI is InChI=1S/C26H30Cl2N4O3/c1-31-13-10-18(16-23(31)33)17-11-14-32(15-12-17)25(34)24(21-4-2-3-5-22(21)28)30-26(35)29-20-8-6-19(27)7-9-20/h2-9,17-18,24H,10-16H2,1H3,(H2,29,30,35)/t18?,24-/m1/s1. The van der Waals surface area contributed by atoms with Crippen LogP contribution >= 0.6 is 23.2 Å². The number of amides is 4. The van der Waals surface area contributed by atoms with Crippen molar-refractivity contribution in [1.82, 2.24) is 15.1 Å². The van der Waals surface area contributed by atoms with E-state index in [0.717, 1.165) is 25.8 Å². The topological polar surface area (TPSA) is 81.8 Å². The van der Waals surface area contributed by atoms with E-state index in [1.165, 1.54) is 0 Å². The number of likely N-dealkylation sites (tertiary alicyclic amines) is 2. The van der Waals surface area contributed by atoms with Crippen molar-refractivity contribution >= 4 is 46.7 Å². The SMILES string of the molecule is CN1CCC(C2CCN(C(=O)[C@H](NC(=O)Nc3ccc(Cl)cc3)c3ccccc3Cl)CC2)CC1=O. The van der Waals surface area contributed by atoms with Gasteiger partial charge < -0.3 is 20.4 Å². The molecule has 2 heterocycles. The van der Waals surface area contributed by atoms with Gasteiger partial charge in [-0.1, -0.05) is 41.4 Å². The molecule has 4 amide bonds. The van der Waals surface area contributed by atoms with Crippen molar-refractivity contribution in [1.29, 1.82) is 0 Å². The third-order valence-electron chi connectivity index (χ3n) is 7.06. The van der Waals surface area contributed by atoms with Crippen LogP contribution in [-0.2, 0) is 9.59 Å². The highest BCUT2D eigenvalue weighted by Crippen LogP contribution is 2.34. The van der Waals surface area contributed by atoms with Crippen LogP contribution in [0.15, 0.2) is 48.5 Å². The Balaban J connectivity index is 1.43. The summed E-state index contributed by atoms with van der Waals surface area (Å²) in [7, 11) is 1.85. The van der Waals surface area contributed by atoms with Crippen LogP contribution < -0.4 is 10.6 Å². The maximum atomic E-state index is 13.6. The Hall–Kier alpha value is -2.77. The minimum atomic E-state index is -0.919. The number of urea groups is 1. The van der Waals surface area contributed by atoms with E-state index in [-0.39, 0.29) is 11.8 Å². The van der Waals surface area contributed by atoms with Gasteiger partial charge in [0.2, 0.25) is 11.8 Å². The maximum Gasteiger partial charge on any atom is 0.320 e. The molecule has 2 aliphatic heterocycles. The van der Waals surface area contributed by atoms with Crippen LogP contribution in [0.5, 0.6) is 0 Å². The molecule has 2 saturated heterocycles. The minimum absolute atomic E-state index is 0.192. The van der Waals surface area contributed by atoms with Gasteiger partial charge in [-0.15, -0.1) is 0 Å². The predicted molar refractivity (Wildman–Crippen MR) is 137 cm³/mol. The van der Waals surface area contributed by atoms with Gasteiger partial charge in [0, 0.05) is 54.4 Å². The first-order chi connectivity index (χ1) is 16.8. The molecular weight excluding hydrogens is 487 g/mol. The smallest absolute Gasteiger partial charge is 0.320 e. The van der Waals surface area contributed by atoms with Gasteiger partial charge in [-0.2, -0.15) is 0 Å². The molecule has 2 aliphatic rings. The lowest BCUT2D eigenvalue weighted by Gasteiger charge is -2.40. The van der Waals surface area contributed by atoms with E-state index in [1.807, 2.05) is 7.05 Å². The molecule has 0 aliphatic carbocycles. The number of carbonyl (C=O) groups excluding carboxylic acids is 3. The molecule has 35 heavy (non-hydrogen) atoms. The molecular formula is C26H30Cl2N4O3. The normalized spacial score (nSPS) is 19.9. The third kappa shape index (κ3) is 6.27. The molecule has 2 N–H and O–H groups in total. The van der Waals surface area contributed by atoms with E-state index in [4.69, 9.17) is 23.2 Å². The number of benzene rings is 2. The van der Waals surface area contributed by atoms with E-state index in [1.54, 1.807) is 58.3 Å². The van der Waals surface area contributed by atoms with E-state index in [2.05, 4.69) is 10.6 Å². The molecule has 2 aromatic rings. The summed E-state index contributed by atoms with van der Waals surface area (Å²) in [6.45, 7) is 1.97. The zero-order valence-electron chi connectivity index (χ0n) is 19.7. The van der Waals surface area contributed by atoms with E-state index < -0.39 is 12.1 Å². The molecule has 4 rings (SSSR count). The predicted octanol–water partition coefficient (Wildman–Crippen LogP) is 4.96. The molecule has 2 fully saturated rings. The Kier molecular flexibility index (Phi) is 8.19. The molecule has 2 atom stereocenters. The van der Waals surface area contributed by atoms with Gasteiger partial charge in [0.15, 0.2) is 0 Å².